The predicted molar refractivity (Wildman–Crippen MR) is 76.0 cm³/mol. The van der Waals surface area contributed by atoms with E-state index in [9.17, 15) is 9.18 Å². The van der Waals surface area contributed by atoms with Gasteiger partial charge < -0.3 is 15.1 Å². The Bertz CT molecular complexity index is 435. The zero-order valence-electron chi connectivity index (χ0n) is 12.0. The lowest BCUT2D eigenvalue weighted by Crippen LogP contribution is -2.33. The number of aryl methyl sites for hydroxylation is 1. The molecule has 0 heterocycles. The van der Waals surface area contributed by atoms with Gasteiger partial charge in [0.2, 0.25) is 0 Å². The molecule has 0 unspecified atom stereocenters. The van der Waals surface area contributed by atoms with Crippen LogP contribution in [-0.4, -0.2) is 50.1 Å². The van der Waals surface area contributed by atoms with E-state index >= 15 is 0 Å². The number of hydrogen-bond acceptors (Lipinski definition) is 2. The first kappa shape index (κ1) is 15.4. The summed E-state index contributed by atoms with van der Waals surface area (Å²) >= 11 is 0. The summed E-state index contributed by atoms with van der Waals surface area (Å²) < 4.78 is 13.6. The molecule has 0 aliphatic heterocycles. The number of amides is 2. The number of carbonyl (C=O) groups excluding carboxylic acids is 1. The molecule has 4 nitrogen and oxygen atoms in total. The van der Waals surface area contributed by atoms with Gasteiger partial charge in [-0.1, -0.05) is 6.07 Å². The number of halogens is 1. The van der Waals surface area contributed by atoms with Gasteiger partial charge in [-0.15, -0.1) is 0 Å². The molecule has 0 aliphatic carbocycles. The lowest BCUT2D eigenvalue weighted by Gasteiger charge is -2.19. The van der Waals surface area contributed by atoms with E-state index in [-0.39, 0.29) is 11.7 Å². The van der Waals surface area contributed by atoms with Gasteiger partial charge in [-0.25, -0.2) is 9.18 Å². The fraction of sp³-hybridized carbons (Fsp3) is 0.500. The number of anilines is 1. The summed E-state index contributed by atoms with van der Waals surface area (Å²) in [6, 6.07) is 4.46. The first-order chi connectivity index (χ1) is 8.90. The number of benzene rings is 1. The van der Waals surface area contributed by atoms with Crippen molar-refractivity contribution in [3.05, 3.63) is 29.6 Å². The molecule has 1 N–H and O–H groups in total. The average molecular weight is 267 g/mol. The van der Waals surface area contributed by atoms with Crippen LogP contribution in [0.15, 0.2) is 18.2 Å². The molecule has 5 heteroatoms. The van der Waals surface area contributed by atoms with Crippen LogP contribution in [-0.2, 0) is 0 Å². The molecule has 0 saturated carbocycles. The van der Waals surface area contributed by atoms with Crippen LogP contribution in [0.3, 0.4) is 0 Å². The Kier molecular flexibility index (Phi) is 5.76. The minimum atomic E-state index is -0.407. The van der Waals surface area contributed by atoms with Crippen molar-refractivity contribution in [2.24, 2.45) is 0 Å². The van der Waals surface area contributed by atoms with E-state index in [0.29, 0.717) is 6.54 Å². The molecule has 0 bridgehead atoms. The van der Waals surface area contributed by atoms with Crippen LogP contribution in [0.5, 0.6) is 0 Å². The standard InChI is InChI=1S/C14H22FN3O/c1-11-6-7-13(12(15)10-11)16-14(19)18(4)9-5-8-17(2)3/h6-7,10H,5,8-9H2,1-4H3,(H,16,19). The number of rotatable bonds is 5. The normalized spacial score (nSPS) is 10.6. The molecule has 0 fully saturated rings. The van der Waals surface area contributed by atoms with Crippen LogP contribution >= 0.6 is 0 Å². The summed E-state index contributed by atoms with van der Waals surface area (Å²) in [5.41, 5.74) is 1.05. The van der Waals surface area contributed by atoms with Gasteiger partial charge in [-0.2, -0.15) is 0 Å². The van der Waals surface area contributed by atoms with Crippen LogP contribution in [0.1, 0.15) is 12.0 Å². The van der Waals surface area contributed by atoms with E-state index in [0.717, 1.165) is 18.5 Å². The molecule has 0 aliphatic rings. The van der Waals surface area contributed by atoms with Crippen LogP contribution < -0.4 is 5.32 Å². The van der Waals surface area contributed by atoms with Gasteiger partial charge in [0.05, 0.1) is 5.69 Å². The second-order valence-corrected chi connectivity index (χ2v) is 4.99. The van der Waals surface area contributed by atoms with Crippen molar-refractivity contribution >= 4 is 11.7 Å². The summed E-state index contributed by atoms with van der Waals surface area (Å²) in [7, 11) is 5.68. The summed E-state index contributed by atoms with van der Waals surface area (Å²) in [5, 5.41) is 2.57. The Hall–Kier alpha value is -1.62. The number of nitrogens with zero attached hydrogens (tertiary/aromatic N) is 2. The summed E-state index contributed by atoms with van der Waals surface area (Å²) in [5.74, 6) is -0.407. The quantitative estimate of drug-likeness (QED) is 0.890. The van der Waals surface area contributed by atoms with Crippen molar-refractivity contribution in [1.29, 1.82) is 0 Å². The monoisotopic (exact) mass is 267 g/mol. The third-order valence-corrected chi connectivity index (χ3v) is 2.81. The zero-order chi connectivity index (χ0) is 14.4. The van der Waals surface area contributed by atoms with Gasteiger partial charge in [-0.05, 0) is 51.7 Å². The third kappa shape index (κ3) is 5.26. The highest BCUT2D eigenvalue weighted by atomic mass is 19.1. The van der Waals surface area contributed by atoms with Crippen molar-refractivity contribution in [1.82, 2.24) is 9.80 Å². The third-order valence-electron chi connectivity index (χ3n) is 2.81. The highest BCUT2D eigenvalue weighted by molar-refractivity contribution is 5.89. The van der Waals surface area contributed by atoms with Gasteiger partial charge in [0.25, 0.3) is 0 Å². The van der Waals surface area contributed by atoms with E-state index in [1.165, 1.54) is 6.07 Å². The molecular formula is C14H22FN3O. The van der Waals surface area contributed by atoms with Gasteiger partial charge in [0, 0.05) is 13.6 Å². The van der Waals surface area contributed by atoms with Crippen molar-refractivity contribution in [2.75, 3.05) is 39.5 Å². The molecule has 2 amide bonds. The highest BCUT2D eigenvalue weighted by Gasteiger charge is 2.11. The summed E-state index contributed by atoms with van der Waals surface area (Å²) in [6.07, 6.45) is 0.882. The van der Waals surface area contributed by atoms with E-state index < -0.39 is 5.82 Å². The van der Waals surface area contributed by atoms with Crippen LogP contribution in [0.4, 0.5) is 14.9 Å². The van der Waals surface area contributed by atoms with Crippen LogP contribution in [0, 0.1) is 12.7 Å². The SMILES string of the molecule is Cc1ccc(NC(=O)N(C)CCCN(C)C)c(F)c1. The second-order valence-electron chi connectivity index (χ2n) is 4.99. The van der Waals surface area contributed by atoms with Crippen molar-refractivity contribution < 1.29 is 9.18 Å². The summed E-state index contributed by atoms with van der Waals surface area (Å²) in [4.78, 5) is 15.5. The average Bonchev–Trinajstić information content (AvgIpc) is 2.32. The minimum Gasteiger partial charge on any atom is -0.328 e. The molecule has 0 saturated heterocycles. The minimum absolute atomic E-state index is 0.218. The second kappa shape index (κ2) is 7.09. The summed E-state index contributed by atoms with van der Waals surface area (Å²) in [6.45, 7) is 3.36. The van der Waals surface area contributed by atoms with E-state index in [2.05, 4.69) is 10.2 Å². The van der Waals surface area contributed by atoms with Gasteiger partial charge in [0.15, 0.2) is 0 Å². The Morgan fingerprint density at radius 3 is 2.53 bits per heavy atom. The maximum Gasteiger partial charge on any atom is 0.321 e. The van der Waals surface area contributed by atoms with Gasteiger partial charge >= 0.3 is 6.03 Å². The molecular weight excluding hydrogens is 245 g/mol. The molecule has 0 spiro atoms. The first-order valence-electron chi connectivity index (χ1n) is 6.33. The zero-order valence-corrected chi connectivity index (χ0v) is 12.0. The smallest absolute Gasteiger partial charge is 0.321 e. The molecule has 0 atom stereocenters. The molecule has 0 radical (unpaired) electrons. The Morgan fingerprint density at radius 1 is 1.26 bits per heavy atom. The molecule has 1 aromatic carbocycles. The highest BCUT2D eigenvalue weighted by Crippen LogP contribution is 2.15. The van der Waals surface area contributed by atoms with E-state index in [1.54, 1.807) is 24.1 Å². The lowest BCUT2D eigenvalue weighted by molar-refractivity contribution is 0.219. The molecule has 1 aromatic rings. The van der Waals surface area contributed by atoms with Crippen LogP contribution in [0.25, 0.3) is 0 Å². The van der Waals surface area contributed by atoms with Crippen LogP contribution in [0.2, 0.25) is 0 Å². The predicted octanol–water partition coefficient (Wildman–Crippen LogP) is 2.55. The topological polar surface area (TPSA) is 35.6 Å². The fourth-order valence-corrected chi connectivity index (χ4v) is 1.66. The van der Waals surface area contributed by atoms with Crippen molar-refractivity contribution in [2.45, 2.75) is 13.3 Å². The number of urea groups is 1. The Balaban J connectivity index is 2.49. The van der Waals surface area contributed by atoms with E-state index in [1.807, 2.05) is 21.0 Å². The molecule has 0 aromatic heterocycles. The first-order valence-corrected chi connectivity index (χ1v) is 6.33. The van der Waals surface area contributed by atoms with Gasteiger partial charge in [-0.3, -0.25) is 0 Å². The number of nitrogens with one attached hydrogen (secondary N) is 1. The molecule has 106 valence electrons. The Labute approximate surface area is 114 Å². The molecule has 1 rings (SSSR count). The maximum absolute atomic E-state index is 13.6. The lowest BCUT2D eigenvalue weighted by atomic mass is 10.2. The number of hydrogen-bond donors (Lipinski definition) is 1. The van der Waals surface area contributed by atoms with E-state index in [4.69, 9.17) is 0 Å². The van der Waals surface area contributed by atoms with Crippen molar-refractivity contribution in [3.63, 3.8) is 0 Å². The fourth-order valence-electron chi connectivity index (χ4n) is 1.66. The molecule has 19 heavy (non-hydrogen) atoms. The number of carbonyl (C=O) groups is 1. The Morgan fingerprint density at radius 2 is 1.95 bits per heavy atom. The van der Waals surface area contributed by atoms with Gasteiger partial charge in [0.1, 0.15) is 5.82 Å². The maximum atomic E-state index is 13.6. The largest absolute Gasteiger partial charge is 0.328 e. The van der Waals surface area contributed by atoms with Crippen molar-refractivity contribution in [3.8, 4) is 0 Å².